The molecule has 0 spiro atoms. The molecule has 5 N–H and O–H groups in total. The lowest BCUT2D eigenvalue weighted by Crippen LogP contribution is -2.43. The molecule has 2 aromatic carbocycles. The molecule has 3 rings (SSSR count). The summed E-state index contributed by atoms with van der Waals surface area (Å²) >= 11 is 0. The van der Waals surface area contributed by atoms with Crippen molar-refractivity contribution in [1.82, 2.24) is 15.6 Å². The molecule has 3 aromatic rings. The van der Waals surface area contributed by atoms with E-state index in [0.29, 0.717) is 13.1 Å². The van der Waals surface area contributed by atoms with E-state index in [-0.39, 0.29) is 11.8 Å². The summed E-state index contributed by atoms with van der Waals surface area (Å²) in [7, 11) is 0. The predicted molar refractivity (Wildman–Crippen MR) is 126 cm³/mol. The van der Waals surface area contributed by atoms with Crippen LogP contribution in [-0.2, 0) is 22.6 Å². The van der Waals surface area contributed by atoms with Gasteiger partial charge in [0.2, 0.25) is 5.91 Å². The van der Waals surface area contributed by atoms with Crippen LogP contribution in [0.2, 0.25) is 0 Å². The van der Waals surface area contributed by atoms with Crippen LogP contribution in [0.3, 0.4) is 0 Å². The number of nitrogens with one attached hydrogen (secondary N) is 3. The number of H-pyrrole nitrogens is 1. The molecule has 0 aliphatic heterocycles. The number of rotatable bonds is 7. The third-order valence-electron chi connectivity index (χ3n) is 5.25. The second kappa shape index (κ2) is 9.87. The zero-order chi connectivity index (χ0) is 23.3. The normalized spacial score (nSPS) is 13.4. The number of aromatic amines is 1. The van der Waals surface area contributed by atoms with Crippen LogP contribution in [0, 0.1) is 0 Å². The number of hydrogen-bond acceptors (Lipinski definition) is 4. The Kier molecular flexibility index (Phi) is 7.20. The Morgan fingerprint density at radius 1 is 1.03 bits per heavy atom. The van der Waals surface area contributed by atoms with Crippen LogP contribution in [0.5, 0.6) is 0 Å². The summed E-state index contributed by atoms with van der Waals surface area (Å²) in [5.74, 6) is -0.351. The van der Waals surface area contributed by atoms with Gasteiger partial charge in [-0.15, -0.1) is 0 Å². The molecule has 0 saturated carbocycles. The van der Waals surface area contributed by atoms with Crippen molar-refractivity contribution in [2.75, 3.05) is 0 Å². The predicted octanol–water partition coefficient (Wildman–Crippen LogP) is 3.94. The number of fused-ring (bicyclic) bond motifs is 1. The van der Waals surface area contributed by atoms with E-state index >= 15 is 0 Å². The Labute approximate surface area is 188 Å². The molecule has 0 bridgehead atoms. The maximum absolute atomic E-state index is 12.7. The maximum atomic E-state index is 12.7. The number of amides is 2. The van der Waals surface area contributed by atoms with Crippen LogP contribution < -0.4 is 16.4 Å². The van der Waals surface area contributed by atoms with Crippen molar-refractivity contribution in [3.63, 3.8) is 0 Å². The van der Waals surface area contributed by atoms with Crippen LogP contribution in [0.4, 0.5) is 4.79 Å². The molecule has 0 saturated heterocycles. The fourth-order valence-electron chi connectivity index (χ4n) is 3.54. The smallest absolute Gasteiger partial charge is 0.407 e. The number of benzene rings is 2. The van der Waals surface area contributed by atoms with Gasteiger partial charge in [0.15, 0.2) is 0 Å². The minimum absolute atomic E-state index is 0.143. The Bertz CT molecular complexity index is 1080. The number of para-hydroxylation sites is 1. The van der Waals surface area contributed by atoms with Gasteiger partial charge in [0.1, 0.15) is 5.60 Å². The van der Waals surface area contributed by atoms with Gasteiger partial charge in [0.25, 0.3) is 0 Å². The van der Waals surface area contributed by atoms with Crippen molar-refractivity contribution in [1.29, 1.82) is 0 Å². The molecule has 2 atom stereocenters. The summed E-state index contributed by atoms with van der Waals surface area (Å²) in [5.41, 5.74) is 9.63. The Morgan fingerprint density at radius 2 is 1.69 bits per heavy atom. The lowest BCUT2D eigenvalue weighted by Gasteiger charge is -2.20. The number of nitrogens with two attached hydrogens (primary N) is 1. The van der Waals surface area contributed by atoms with Gasteiger partial charge in [-0.1, -0.05) is 49.4 Å². The molecule has 0 fully saturated rings. The SMILES string of the molecule is C[C@@H](c1c[nH]c2ccccc12)[C@@H](N)C(=O)NCc1cccc(CNC(=O)OC(C)(C)C)c1. The highest BCUT2D eigenvalue weighted by molar-refractivity contribution is 5.87. The standard InChI is InChI=1S/C25H32N4O3/c1-16(20-15-27-21-11-6-5-10-19(20)21)22(26)23(30)28-13-17-8-7-9-18(12-17)14-29-24(31)32-25(2,3)4/h5-12,15-16,22,27H,13-14,26H2,1-4H3,(H,28,30)(H,29,31)/t16-,22+/m0/s1. The average Bonchev–Trinajstić information content (AvgIpc) is 3.18. The number of carbonyl (C=O) groups excluding carboxylic acids is 2. The van der Waals surface area contributed by atoms with E-state index in [0.717, 1.165) is 27.6 Å². The zero-order valence-electron chi connectivity index (χ0n) is 19.1. The highest BCUT2D eigenvalue weighted by Crippen LogP contribution is 2.27. The lowest BCUT2D eigenvalue weighted by molar-refractivity contribution is -0.122. The third kappa shape index (κ3) is 6.11. The van der Waals surface area contributed by atoms with E-state index in [2.05, 4.69) is 15.6 Å². The van der Waals surface area contributed by atoms with E-state index in [1.54, 1.807) is 0 Å². The first-order chi connectivity index (χ1) is 15.1. The molecule has 1 aromatic heterocycles. The first-order valence-electron chi connectivity index (χ1n) is 10.8. The quantitative estimate of drug-likeness (QED) is 0.450. The van der Waals surface area contributed by atoms with Crippen LogP contribution in [0.15, 0.2) is 54.7 Å². The zero-order valence-corrected chi connectivity index (χ0v) is 19.1. The number of hydrogen-bond donors (Lipinski definition) is 4. The fourth-order valence-corrected chi connectivity index (χ4v) is 3.54. The van der Waals surface area contributed by atoms with E-state index in [1.165, 1.54) is 0 Å². The monoisotopic (exact) mass is 436 g/mol. The third-order valence-corrected chi connectivity index (χ3v) is 5.25. The molecule has 170 valence electrons. The second-order valence-electron chi connectivity index (χ2n) is 9.00. The average molecular weight is 437 g/mol. The van der Waals surface area contributed by atoms with Crippen molar-refractivity contribution < 1.29 is 14.3 Å². The van der Waals surface area contributed by atoms with Crippen LogP contribution in [-0.4, -0.2) is 28.6 Å². The van der Waals surface area contributed by atoms with Crippen molar-refractivity contribution >= 4 is 22.9 Å². The summed E-state index contributed by atoms with van der Waals surface area (Å²) in [6.07, 6.45) is 1.46. The summed E-state index contributed by atoms with van der Waals surface area (Å²) in [4.78, 5) is 27.8. The largest absolute Gasteiger partial charge is 0.444 e. The summed E-state index contributed by atoms with van der Waals surface area (Å²) in [5, 5.41) is 6.74. The Balaban J connectivity index is 1.55. The van der Waals surface area contributed by atoms with Crippen LogP contribution in [0.25, 0.3) is 10.9 Å². The van der Waals surface area contributed by atoms with Crippen LogP contribution >= 0.6 is 0 Å². The topological polar surface area (TPSA) is 109 Å². The summed E-state index contributed by atoms with van der Waals surface area (Å²) < 4.78 is 5.25. The van der Waals surface area contributed by atoms with Crippen molar-refractivity contribution in [3.05, 3.63) is 71.4 Å². The van der Waals surface area contributed by atoms with Gasteiger partial charge in [-0.2, -0.15) is 0 Å². The van der Waals surface area contributed by atoms with Gasteiger partial charge in [-0.25, -0.2) is 4.79 Å². The van der Waals surface area contributed by atoms with Gasteiger partial charge in [0, 0.05) is 36.1 Å². The van der Waals surface area contributed by atoms with Gasteiger partial charge < -0.3 is 26.1 Å². The molecule has 7 heteroatoms. The molecule has 0 radical (unpaired) electrons. The number of carbonyl (C=O) groups is 2. The van der Waals surface area contributed by atoms with E-state index in [9.17, 15) is 9.59 Å². The van der Waals surface area contributed by atoms with Crippen LogP contribution in [0.1, 0.15) is 50.3 Å². The van der Waals surface area contributed by atoms with Crippen molar-refractivity contribution in [2.45, 2.75) is 58.3 Å². The molecule has 1 heterocycles. The van der Waals surface area contributed by atoms with Gasteiger partial charge in [-0.3, -0.25) is 4.79 Å². The first-order valence-corrected chi connectivity index (χ1v) is 10.8. The molecule has 32 heavy (non-hydrogen) atoms. The Morgan fingerprint density at radius 3 is 2.38 bits per heavy atom. The van der Waals surface area contributed by atoms with E-state index in [1.807, 2.05) is 82.4 Å². The highest BCUT2D eigenvalue weighted by atomic mass is 16.6. The molecule has 0 unspecified atom stereocenters. The second-order valence-corrected chi connectivity index (χ2v) is 9.00. The summed E-state index contributed by atoms with van der Waals surface area (Å²) in [6, 6.07) is 15.0. The highest BCUT2D eigenvalue weighted by Gasteiger charge is 2.24. The van der Waals surface area contributed by atoms with E-state index < -0.39 is 17.7 Å². The molecular weight excluding hydrogens is 404 g/mol. The van der Waals surface area contributed by atoms with Gasteiger partial charge >= 0.3 is 6.09 Å². The Hall–Kier alpha value is -3.32. The van der Waals surface area contributed by atoms with Crippen molar-refractivity contribution in [3.8, 4) is 0 Å². The van der Waals surface area contributed by atoms with E-state index in [4.69, 9.17) is 10.5 Å². The molecule has 2 amide bonds. The van der Waals surface area contributed by atoms with Crippen molar-refractivity contribution in [2.24, 2.45) is 5.73 Å². The molecule has 0 aliphatic carbocycles. The fraction of sp³-hybridized carbons (Fsp3) is 0.360. The van der Waals surface area contributed by atoms with Gasteiger partial charge in [-0.05, 0) is 43.5 Å². The molecular formula is C25H32N4O3. The minimum atomic E-state index is -0.675. The minimum Gasteiger partial charge on any atom is -0.444 e. The van der Waals surface area contributed by atoms with Gasteiger partial charge in [0.05, 0.1) is 6.04 Å². The first kappa shape index (κ1) is 23.3. The number of aromatic nitrogens is 1. The number of alkyl carbamates (subject to hydrolysis) is 1. The molecule has 7 nitrogen and oxygen atoms in total. The summed E-state index contributed by atoms with van der Waals surface area (Å²) in [6.45, 7) is 8.12. The molecule has 0 aliphatic rings. The lowest BCUT2D eigenvalue weighted by atomic mass is 9.93. The maximum Gasteiger partial charge on any atom is 0.407 e. The number of ether oxygens (including phenoxy) is 1.